The van der Waals surface area contributed by atoms with Crippen molar-refractivity contribution in [2.75, 3.05) is 33.3 Å². The van der Waals surface area contributed by atoms with Crippen molar-refractivity contribution in [2.45, 2.75) is 6.42 Å². The van der Waals surface area contributed by atoms with Crippen LogP contribution in [0.2, 0.25) is 0 Å². The van der Waals surface area contributed by atoms with Gasteiger partial charge in [-0.25, -0.2) is 5.84 Å². The Morgan fingerprint density at radius 2 is 2.50 bits per heavy atom. The molecule has 70 valence electrons. The highest BCUT2D eigenvalue weighted by atomic mass is 16.3. The average Bonchev–Trinajstić information content (AvgIpc) is 2.05. The number of aliphatic imine (C=N–C) groups is 1. The lowest BCUT2D eigenvalue weighted by molar-refractivity contribution is 0.235. The van der Waals surface area contributed by atoms with Crippen LogP contribution in [0.5, 0.6) is 0 Å². The van der Waals surface area contributed by atoms with E-state index >= 15 is 0 Å². The number of nitrogens with zero attached hydrogens (tertiary/aromatic N) is 3. The normalized spacial score (nSPS) is 17.6. The van der Waals surface area contributed by atoms with E-state index in [0.29, 0.717) is 6.54 Å². The summed E-state index contributed by atoms with van der Waals surface area (Å²) in [6.07, 6.45) is 1.08. The lowest BCUT2D eigenvalue weighted by Crippen LogP contribution is -2.49. The van der Waals surface area contributed by atoms with E-state index in [9.17, 15) is 0 Å². The minimum atomic E-state index is 0.0589. The van der Waals surface area contributed by atoms with Crippen LogP contribution in [-0.2, 0) is 0 Å². The Labute approximate surface area is 72.4 Å². The van der Waals surface area contributed by atoms with Gasteiger partial charge in [0.2, 0.25) is 5.96 Å². The molecule has 0 saturated heterocycles. The van der Waals surface area contributed by atoms with E-state index in [2.05, 4.69) is 4.99 Å². The molecule has 3 N–H and O–H groups in total. The van der Waals surface area contributed by atoms with Gasteiger partial charge < -0.3 is 10.0 Å². The molecule has 1 aliphatic rings. The molecule has 0 bridgehead atoms. The zero-order chi connectivity index (χ0) is 8.97. The van der Waals surface area contributed by atoms with Crippen molar-refractivity contribution in [1.82, 2.24) is 9.91 Å². The van der Waals surface area contributed by atoms with E-state index < -0.39 is 0 Å². The first kappa shape index (κ1) is 9.28. The minimum Gasteiger partial charge on any atom is -0.394 e. The van der Waals surface area contributed by atoms with Gasteiger partial charge in [-0.2, -0.15) is 0 Å². The van der Waals surface area contributed by atoms with Crippen LogP contribution < -0.4 is 5.84 Å². The summed E-state index contributed by atoms with van der Waals surface area (Å²) >= 11 is 0. The summed E-state index contributed by atoms with van der Waals surface area (Å²) < 4.78 is 0. The number of hydrogen-bond acceptors (Lipinski definition) is 5. The molecule has 0 amide bonds. The summed E-state index contributed by atoms with van der Waals surface area (Å²) in [4.78, 5) is 6.26. The fourth-order valence-electron chi connectivity index (χ4n) is 1.23. The molecule has 0 unspecified atom stereocenters. The molecule has 0 aromatic carbocycles. The van der Waals surface area contributed by atoms with Crippen LogP contribution in [0.25, 0.3) is 0 Å². The third kappa shape index (κ3) is 2.09. The summed E-state index contributed by atoms with van der Waals surface area (Å²) in [6, 6.07) is 0. The Morgan fingerprint density at radius 3 is 3.08 bits per heavy atom. The first-order chi connectivity index (χ1) is 5.75. The average molecular weight is 172 g/mol. The van der Waals surface area contributed by atoms with Crippen LogP contribution in [-0.4, -0.2) is 54.3 Å². The lowest BCUT2D eigenvalue weighted by Gasteiger charge is -2.30. The predicted molar refractivity (Wildman–Crippen MR) is 47.5 cm³/mol. The van der Waals surface area contributed by atoms with E-state index in [1.165, 1.54) is 5.01 Å². The third-order valence-electron chi connectivity index (χ3n) is 1.84. The van der Waals surface area contributed by atoms with Crippen molar-refractivity contribution in [2.24, 2.45) is 10.8 Å². The van der Waals surface area contributed by atoms with E-state index in [1.54, 1.807) is 0 Å². The molecule has 1 heterocycles. The largest absolute Gasteiger partial charge is 0.394 e. The van der Waals surface area contributed by atoms with Crippen molar-refractivity contribution in [3.63, 3.8) is 0 Å². The Morgan fingerprint density at radius 1 is 1.75 bits per heavy atom. The number of hydrazine groups is 1. The molecule has 0 aromatic rings. The second-order valence-electron chi connectivity index (χ2n) is 2.87. The zero-order valence-electron chi connectivity index (χ0n) is 7.40. The van der Waals surface area contributed by atoms with Crippen molar-refractivity contribution in [3.8, 4) is 0 Å². The van der Waals surface area contributed by atoms with Gasteiger partial charge >= 0.3 is 0 Å². The number of aliphatic hydroxyl groups is 1. The molecule has 5 nitrogen and oxygen atoms in total. The van der Waals surface area contributed by atoms with Crippen molar-refractivity contribution in [1.29, 1.82) is 0 Å². The number of nitrogens with two attached hydrogens (primary N) is 1. The summed E-state index contributed by atoms with van der Waals surface area (Å²) in [7, 11) is 1.95. The quantitative estimate of drug-likeness (QED) is 0.407. The molecule has 0 aromatic heterocycles. The van der Waals surface area contributed by atoms with Crippen LogP contribution in [0.3, 0.4) is 0 Å². The molecule has 0 radical (unpaired) electrons. The smallest absolute Gasteiger partial charge is 0.210 e. The van der Waals surface area contributed by atoms with E-state index in [-0.39, 0.29) is 6.61 Å². The number of guanidine groups is 1. The summed E-state index contributed by atoms with van der Waals surface area (Å²) in [5, 5.41) is 10.1. The van der Waals surface area contributed by atoms with Crippen LogP contribution in [0.15, 0.2) is 4.99 Å². The molecule has 0 aliphatic carbocycles. The van der Waals surface area contributed by atoms with Gasteiger partial charge in [-0.1, -0.05) is 0 Å². The van der Waals surface area contributed by atoms with E-state index in [0.717, 1.165) is 25.5 Å². The monoisotopic (exact) mass is 172 g/mol. The fourth-order valence-corrected chi connectivity index (χ4v) is 1.23. The topological polar surface area (TPSA) is 65.1 Å². The fraction of sp³-hybridized carbons (Fsp3) is 0.857. The Hall–Kier alpha value is -0.810. The first-order valence-electron chi connectivity index (χ1n) is 4.14. The summed E-state index contributed by atoms with van der Waals surface area (Å²) in [6.45, 7) is 2.31. The maximum atomic E-state index is 8.66. The SMILES string of the molecule is CN1CCCN=C1N(N)CCO. The summed E-state index contributed by atoms with van der Waals surface area (Å²) in [5.41, 5.74) is 0. The standard InChI is InChI=1S/C7H16N4O/c1-10-4-2-3-9-7(10)11(8)5-6-12/h12H,2-6,8H2,1H3. The highest BCUT2D eigenvalue weighted by Gasteiger charge is 2.14. The molecule has 0 fully saturated rings. The number of hydrogen-bond donors (Lipinski definition) is 2. The zero-order valence-corrected chi connectivity index (χ0v) is 7.40. The Kier molecular flexibility index (Phi) is 3.31. The van der Waals surface area contributed by atoms with Crippen molar-refractivity contribution in [3.05, 3.63) is 0 Å². The van der Waals surface area contributed by atoms with Gasteiger partial charge in [-0.15, -0.1) is 0 Å². The van der Waals surface area contributed by atoms with Gasteiger partial charge in [0.05, 0.1) is 13.2 Å². The maximum Gasteiger partial charge on any atom is 0.210 e. The van der Waals surface area contributed by atoms with Crippen molar-refractivity contribution < 1.29 is 5.11 Å². The van der Waals surface area contributed by atoms with Gasteiger partial charge in [-0.05, 0) is 6.42 Å². The molecule has 12 heavy (non-hydrogen) atoms. The van der Waals surface area contributed by atoms with Crippen LogP contribution >= 0.6 is 0 Å². The van der Waals surface area contributed by atoms with Crippen LogP contribution in [0.1, 0.15) is 6.42 Å². The molecular formula is C7H16N4O. The first-order valence-corrected chi connectivity index (χ1v) is 4.14. The maximum absolute atomic E-state index is 8.66. The van der Waals surface area contributed by atoms with Gasteiger partial charge in [0.15, 0.2) is 0 Å². The summed E-state index contributed by atoms with van der Waals surface area (Å²) in [5.74, 6) is 6.42. The van der Waals surface area contributed by atoms with Gasteiger partial charge in [0.25, 0.3) is 0 Å². The minimum absolute atomic E-state index is 0.0589. The molecule has 0 spiro atoms. The molecule has 1 rings (SSSR count). The lowest BCUT2D eigenvalue weighted by atomic mass is 10.3. The van der Waals surface area contributed by atoms with Gasteiger partial charge in [-0.3, -0.25) is 10.0 Å². The number of aliphatic hydroxyl groups excluding tert-OH is 1. The highest BCUT2D eigenvalue weighted by molar-refractivity contribution is 5.79. The third-order valence-corrected chi connectivity index (χ3v) is 1.84. The predicted octanol–water partition coefficient (Wildman–Crippen LogP) is -1.15. The Bertz CT molecular complexity index is 171. The molecule has 0 saturated carbocycles. The number of rotatable bonds is 2. The van der Waals surface area contributed by atoms with E-state index in [4.69, 9.17) is 10.9 Å². The van der Waals surface area contributed by atoms with Crippen LogP contribution in [0.4, 0.5) is 0 Å². The van der Waals surface area contributed by atoms with Gasteiger partial charge in [0.1, 0.15) is 0 Å². The van der Waals surface area contributed by atoms with Gasteiger partial charge in [0, 0.05) is 20.1 Å². The Balaban J connectivity index is 2.52. The van der Waals surface area contributed by atoms with E-state index in [1.807, 2.05) is 11.9 Å². The molecule has 5 heteroatoms. The highest BCUT2D eigenvalue weighted by Crippen LogP contribution is 2.01. The molecule has 1 aliphatic heterocycles. The second-order valence-corrected chi connectivity index (χ2v) is 2.87. The second kappa shape index (κ2) is 4.27. The van der Waals surface area contributed by atoms with Crippen molar-refractivity contribution >= 4 is 5.96 Å². The van der Waals surface area contributed by atoms with Crippen LogP contribution in [0, 0.1) is 0 Å². The molecule has 0 atom stereocenters. The molecular weight excluding hydrogens is 156 g/mol.